The lowest BCUT2D eigenvalue weighted by molar-refractivity contribution is 0.584. The van der Waals surface area contributed by atoms with Gasteiger partial charge in [0.1, 0.15) is 0 Å². The monoisotopic (exact) mass is 320 g/mol. The highest BCUT2D eigenvalue weighted by Crippen LogP contribution is 2.21. The summed E-state index contributed by atoms with van der Waals surface area (Å²) in [6.45, 7) is 0.196. The summed E-state index contributed by atoms with van der Waals surface area (Å²) in [6.07, 6.45) is 0. The van der Waals surface area contributed by atoms with Gasteiger partial charge in [0.2, 0.25) is 10.0 Å². The van der Waals surface area contributed by atoms with E-state index >= 15 is 0 Å². The first-order valence-electron chi connectivity index (χ1n) is 6.23. The lowest BCUT2D eigenvalue weighted by atomic mass is 10.0. The molecule has 0 aliphatic carbocycles. The molecular weight excluding hydrogens is 308 g/mol. The molecule has 4 nitrogen and oxygen atoms in total. The predicted molar refractivity (Wildman–Crippen MR) is 82.5 cm³/mol. The first-order valence-corrected chi connectivity index (χ1v) is 8.25. The van der Waals surface area contributed by atoms with Gasteiger partial charge in [-0.1, -0.05) is 24.3 Å². The molecule has 0 atom stereocenters. The van der Waals surface area contributed by atoms with E-state index < -0.39 is 10.0 Å². The summed E-state index contributed by atoms with van der Waals surface area (Å²) in [5.74, 6) is 0.225. The normalized spacial score (nSPS) is 11.0. The van der Waals surface area contributed by atoms with E-state index in [0.29, 0.717) is 5.56 Å². The van der Waals surface area contributed by atoms with Gasteiger partial charge < -0.3 is 0 Å². The number of nitrogens with one attached hydrogen (secondary N) is 1. The fraction of sp³-hybridized carbons (Fsp3) is 0.133. The van der Waals surface area contributed by atoms with Gasteiger partial charge in [0.05, 0.1) is 16.5 Å². The fourth-order valence-corrected chi connectivity index (χ4v) is 3.06. The van der Waals surface area contributed by atoms with E-state index in [1.54, 1.807) is 36.4 Å². The Morgan fingerprint density at radius 3 is 2.00 bits per heavy atom. The second-order valence-electron chi connectivity index (χ2n) is 4.30. The lowest BCUT2D eigenvalue weighted by Gasteiger charge is -2.07. The molecule has 0 radical (unpaired) electrons. The first-order chi connectivity index (χ1) is 10.1. The maximum absolute atomic E-state index is 11.9. The van der Waals surface area contributed by atoms with Crippen molar-refractivity contribution in [2.24, 2.45) is 0 Å². The molecule has 0 amide bonds. The van der Waals surface area contributed by atoms with Crippen LogP contribution in [0.3, 0.4) is 0 Å². The summed E-state index contributed by atoms with van der Waals surface area (Å²) in [5.41, 5.74) is 2.39. The van der Waals surface area contributed by atoms with Crippen LogP contribution in [0, 0.1) is 11.3 Å². The van der Waals surface area contributed by atoms with Crippen LogP contribution in [0.2, 0.25) is 0 Å². The Morgan fingerprint density at radius 1 is 1.00 bits per heavy atom. The molecule has 0 unspecified atom stereocenters. The third kappa shape index (κ3) is 3.82. The summed E-state index contributed by atoms with van der Waals surface area (Å²) < 4.78 is 26.2. The van der Waals surface area contributed by atoms with Crippen LogP contribution in [-0.4, -0.2) is 20.8 Å². The van der Waals surface area contributed by atoms with E-state index in [2.05, 4.69) is 10.8 Å². The smallest absolute Gasteiger partial charge is 0.210 e. The SMILES string of the molecule is N#Cc1ccc(-c2ccc(S(=O)(=O)NCCCl)cc2)cc1. The average Bonchev–Trinajstić information content (AvgIpc) is 2.53. The molecule has 108 valence electrons. The summed E-state index contributed by atoms with van der Waals surface area (Å²) in [5, 5.41) is 8.76. The third-order valence-electron chi connectivity index (χ3n) is 2.90. The quantitative estimate of drug-likeness (QED) is 0.861. The molecule has 0 spiro atoms. The van der Waals surface area contributed by atoms with Crippen LogP contribution < -0.4 is 4.72 Å². The standard InChI is InChI=1S/C15H13ClN2O2S/c16-9-10-18-21(19,20)15-7-5-14(6-8-15)13-3-1-12(11-17)2-4-13/h1-8,18H,9-10H2. The van der Waals surface area contributed by atoms with Crippen molar-refractivity contribution >= 4 is 21.6 Å². The molecule has 0 fully saturated rings. The van der Waals surface area contributed by atoms with Crippen LogP contribution in [0.4, 0.5) is 0 Å². The van der Waals surface area contributed by atoms with Crippen LogP contribution in [0.15, 0.2) is 53.4 Å². The summed E-state index contributed by atoms with van der Waals surface area (Å²) in [4.78, 5) is 0.199. The summed E-state index contributed by atoms with van der Waals surface area (Å²) in [7, 11) is -3.51. The van der Waals surface area contributed by atoms with Crippen LogP contribution in [0.25, 0.3) is 11.1 Å². The molecule has 0 aliphatic rings. The van der Waals surface area contributed by atoms with Crippen molar-refractivity contribution in [1.29, 1.82) is 5.26 Å². The molecule has 0 saturated carbocycles. The molecule has 0 saturated heterocycles. The minimum atomic E-state index is -3.51. The van der Waals surface area contributed by atoms with E-state index in [0.717, 1.165) is 11.1 Å². The molecule has 0 aliphatic heterocycles. The Bertz CT molecular complexity index is 748. The maximum atomic E-state index is 11.9. The van der Waals surface area contributed by atoms with Gasteiger partial charge in [-0.25, -0.2) is 13.1 Å². The van der Waals surface area contributed by atoms with Gasteiger partial charge in [-0.05, 0) is 35.4 Å². The van der Waals surface area contributed by atoms with Crippen molar-refractivity contribution < 1.29 is 8.42 Å². The summed E-state index contributed by atoms with van der Waals surface area (Å²) >= 11 is 5.48. The highest BCUT2D eigenvalue weighted by atomic mass is 35.5. The number of nitrogens with zero attached hydrogens (tertiary/aromatic N) is 1. The number of alkyl halides is 1. The van der Waals surface area contributed by atoms with E-state index in [1.165, 1.54) is 0 Å². The Labute approximate surface area is 129 Å². The highest BCUT2D eigenvalue weighted by molar-refractivity contribution is 7.89. The topological polar surface area (TPSA) is 70.0 Å². The van der Waals surface area contributed by atoms with Gasteiger partial charge in [-0.2, -0.15) is 5.26 Å². The fourth-order valence-electron chi connectivity index (χ4n) is 1.82. The minimum absolute atomic E-state index is 0.196. The molecule has 2 aromatic rings. The minimum Gasteiger partial charge on any atom is -0.210 e. The van der Waals surface area contributed by atoms with Crippen LogP contribution in [0.1, 0.15) is 5.56 Å². The van der Waals surface area contributed by atoms with Gasteiger partial charge in [0.25, 0.3) is 0 Å². The molecule has 2 aromatic carbocycles. The largest absolute Gasteiger partial charge is 0.240 e. The molecule has 2 rings (SSSR count). The zero-order valence-electron chi connectivity index (χ0n) is 11.1. The van der Waals surface area contributed by atoms with Crippen molar-refractivity contribution in [2.45, 2.75) is 4.90 Å². The highest BCUT2D eigenvalue weighted by Gasteiger charge is 2.12. The number of nitriles is 1. The van der Waals surface area contributed by atoms with E-state index in [9.17, 15) is 8.42 Å². The zero-order chi connectivity index (χ0) is 15.3. The van der Waals surface area contributed by atoms with Gasteiger partial charge >= 0.3 is 0 Å². The lowest BCUT2D eigenvalue weighted by Crippen LogP contribution is -2.25. The van der Waals surface area contributed by atoms with Gasteiger partial charge in [0, 0.05) is 12.4 Å². The van der Waals surface area contributed by atoms with Gasteiger partial charge in [-0.3, -0.25) is 0 Å². The number of halogens is 1. The van der Waals surface area contributed by atoms with Crippen molar-refractivity contribution in [3.63, 3.8) is 0 Å². The molecular formula is C15H13ClN2O2S. The maximum Gasteiger partial charge on any atom is 0.240 e. The molecule has 21 heavy (non-hydrogen) atoms. The number of benzene rings is 2. The molecule has 0 bridgehead atoms. The Kier molecular flexibility index (Phi) is 4.97. The van der Waals surface area contributed by atoms with E-state index in [-0.39, 0.29) is 17.3 Å². The Balaban J connectivity index is 2.24. The Morgan fingerprint density at radius 2 is 1.52 bits per heavy atom. The van der Waals surface area contributed by atoms with Crippen molar-refractivity contribution in [1.82, 2.24) is 4.72 Å². The molecule has 0 heterocycles. The van der Waals surface area contributed by atoms with Crippen molar-refractivity contribution in [3.05, 3.63) is 54.1 Å². The van der Waals surface area contributed by atoms with Crippen LogP contribution >= 0.6 is 11.6 Å². The van der Waals surface area contributed by atoms with Crippen LogP contribution in [0.5, 0.6) is 0 Å². The zero-order valence-corrected chi connectivity index (χ0v) is 12.7. The second-order valence-corrected chi connectivity index (χ2v) is 6.45. The van der Waals surface area contributed by atoms with E-state index in [1.807, 2.05) is 12.1 Å². The number of hydrogen-bond acceptors (Lipinski definition) is 3. The summed E-state index contributed by atoms with van der Waals surface area (Å²) in [6, 6.07) is 15.7. The van der Waals surface area contributed by atoms with Crippen LogP contribution in [-0.2, 0) is 10.0 Å². The Hall–Kier alpha value is -1.87. The number of sulfonamides is 1. The third-order valence-corrected chi connectivity index (χ3v) is 4.56. The average molecular weight is 321 g/mol. The van der Waals surface area contributed by atoms with Gasteiger partial charge in [-0.15, -0.1) is 11.6 Å². The number of hydrogen-bond donors (Lipinski definition) is 1. The molecule has 6 heteroatoms. The first kappa shape index (κ1) is 15.5. The van der Waals surface area contributed by atoms with Crippen molar-refractivity contribution in [3.8, 4) is 17.2 Å². The second kappa shape index (κ2) is 6.72. The predicted octanol–water partition coefficient (Wildman–Crippen LogP) is 2.74. The molecule has 0 aromatic heterocycles. The van der Waals surface area contributed by atoms with Crippen molar-refractivity contribution in [2.75, 3.05) is 12.4 Å². The van der Waals surface area contributed by atoms with Gasteiger partial charge in [0.15, 0.2) is 0 Å². The van der Waals surface area contributed by atoms with E-state index in [4.69, 9.17) is 16.9 Å². The molecule has 1 N–H and O–H groups in total. The number of rotatable bonds is 5.